The Morgan fingerprint density at radius 1 is 1.24 bits per heavy atom. The summed E-state index contributed by atoms with van der Waals surface area (Å²) in [5.41, 5.74) is 1.69. The molecule has 25 heavy (non-hydrogen) atoms. The molecule has 4 rings (SSSR count). The second kappa shape index (κ2) is 6.78. The molecule has 7 heteroatoms. The minimum Gasteiger partial charge on any atom is -0.368 e. The molecule has 2 heterocycles. The van der Waals surface area contributed by atoms with Gasteiger partial charge in [0.2, 0.25) is 5.91 Å². The van der Waals surface area contributed by atoms with Crippen molar-refractivity contribution in [1.82, 2.24) is 20.4 Å². The van der Waals surface area contributed by atoms with Gasteiger partial charge in [0.25, 0.3) is 5.91 Å². The standard InChI is InChI=1S/C18H26N4O3/c1-2-22-15(10-14(21-22)11-5-6-11)17(23)19-12-8-13(9-12)20-18(24)16-4-3-7-25-16/h10-13,16H,2-9H2,1H3,(H,19,23)(H,20,24)/t12?,13?,16-/m1/s1. The minimum atomic E-state index is -0.284. The van der Waals surface area contributed by atoms with Gasteiger partial charge in [0.05, 0.1) is 5.69 Å². The zero-order valence-electron chi connectivity index (χ0n) is 14.7. The first-order chi connectivity index (χ1) is 12.1. The highest BCUT2D eigenvalue weighted by Crippen LogP contribution is 2.39. The third-order valence-corrected chi connectivity index (χ3v) is 5.37. The molecule has 7 nitrogen and oxygen atoms in total. The molecule has 2 amide bonds. The Morgan fingerprint density at radius 2 is 2.00 bits per heavy atom. The molecule has 0 aromatic carbocycles. The Balaban J connectivity index is 1.26. The van der Waals surface area contributed by atoms with Gasteiger partial charge in [-0.2, -0.15) is 5.10 Å². The van der Waals surface area contributed by atoms with E-state index in [1.807, 2.05) is 13.0 Å². The fourth-order valence-corrected chi connectivity index (χ4v) is 3.63. The van der Waals surface area contributed by atoms with Crippen molar-refractivity contribution in [1.29, 1.82) is 0 Å². The number of amides is 2. The number of carbonyl (C=O) groups is 2. The van der Waals surface area contributed by atoms with E-state index in [1.165, 1.54) is 12.8 Å². The Hall–Kier alpha value is -1.89. The summed E-state index contributed by atoms with van der Waals surface area (Å²) in [6, 6.07) is 2.19. The lowest BCUT2D eigenvalue weighted by Gasteiger charge is -2.36. The maximum Gasteiger partial charge on any atom is 0.269 e. The number of ether oxygens (including phenoxy) is 1. The normalized spacial score (nSPS) is 28.4. The van der Waals surface area contributed by atoms with Crippen LogP contribution in [0.4, 0.5) is 0 Å². The molecule has 2 saturated carbocycles. The number of aryl methyl sites for hydroxylation is 1. The van der Waals surface area contributed by atoms with Crippen molar-refractivity contribution in [2.75, 3.05) is 6.61 Å². The van der Waals surface area contributed by atoms with Gasteiger partial charge in [-0.15, -0.1) is 0 Å². The van der Waals surface area contributed by atoms with Crippen molar-refractivity contribution in [3.05, 3.63) is 17.5 Å². The van der Waals surface area contributed by atoms with Crippen LogP contribution in [0.2, 0.25) is 0 Å². The van der Waals surface area contributed by atoms with Gasteiger partial charge in [-0.1, -0.05) is 0 Å². The molecule has 1 atom stereocenters. The lowest BCUT2D eigenvalue weighted by molar-refractivity contribution is -0.131. The second-order valence-electron chi connectivity index (χ2n) is 7.39. The maximum atomic E-state index is 12.5. The molecule has 0 radical (unpaired) electrons. The van der Waals surface area contributed by atoms with Crippen LogP contribution in [0.25, 0.3) is 0 Å². The monoisotopic (exact) mass is 346 g/mol. The third-order valence-electron chi connectivity index (χ3n) is 5.37. The number of rotatable bonds is 6. The Kier molecular flexibility index (Phi) is 4.50. The summed E-state index contributed by atoms with van der Waals surface area (Å²) in [6.45, 7) is 3.37. The van der Waals surface area contributed by atoms with E-state index in [-0.39, 0.29) is 30.0 Å². The smallest absolute Gasteiger partial charge is 0.269 e. The van der Waals surface area contributed by atoms with E-state index in [9.17, 15) is 9.59 Å². The Labute approximate surface area is 147 Å². The SMILES string of the molecule is CCn1nc(C2CC2)cc1C(=O)NC1CC(NC(=O)[C@H]2CCCO2)C1. The van der Waals surface area contributed by atoms with Gasteiger partial charge in [0.15, 0.2) is 0 Å². The van der Waals surface area contributed by atoms with Crippen molar-refractivity contribution in [2.24, 2.45) is 0 Å². The highest BCUT2D eigenvalue weighted by Gasteiger charge is 2.35. The lowest BCUT2D eigenvalue weighted by Crippen LogP contribution is -2.55. The molecule has 0 unspecified atom stereocenters. The van der Waals surface area contributed by atoms with Crippen molar-refractivity contribution in [3.63, 3.8) is 0 Å². The summed E-state index contributed by atoms with van der Waals surface area (Å²) in [4.78, 5) is 24.6. The van der Waals surface area contributed by atoms with Crippen LogP contribution >= 0.6 is 0 Å². The number of hydrogen-bond donors (Lipinski definition) is 2. The molecule has 1 aromatic heterocycles. The largest absolute Gasteiger partial charge is 0.368 e. The van der Waals surface area contributed by atoms with E-state index in [0.29, 0.717) is 24.8 Å². The first-order valence-electron chi connectivity index (χ1n) is 9.44. The van der Waals surface area contributed by atoms with Gasteiger partial charge in [0, 0.05) is 31.2 Å². The average molecular weight is 346 g/mol. The fourth-order valence-electron chi connectivity index (χ4n) is 3.63. The molecule has 0 spiro atoms. The molecule has 0 bridgehead atoms. The van der Waals surface area contributed by atoms with Crippen LogP contribution in [0, 0.1) is 0 Å². The van der Waals surface area contributed by atoms with E-state index < -0.39 is 0 Å². The second-order valence-corrected chi connectivity index (χ2v) is 7.39. The van der Waals surface area contributed by atoms with Gasteiger partial charge in [-0.3, -0.25) is 14.3 Å². The summed E-state index contributed by atoms with van der Waals surface area (Å²) in [5.74, 6) is 0.473. The predicted octanol–water partition coefficient (Wildman–Crippen LogP) is 1.34. The molecular formula is C18H26N4O3. The summed E-state index contributed by atoms with van der Waals surface area (Å²) in [7, 11) is 0. The van der Waals surface area contributed by atoms with Crippen LogP contribution in [-0.2, 0) is 16.1 Å². The Morgan fingerprint density at radius 3 is 2.64 bits per heavy atom. The first kappa shape index (κ1) is 16.6. The van der Waals surface area contributed by atoms with Crippen LogP contribution in [0.15, 0.2) is 6.07 Å². The predicted molar refractivity (Wildman–Crippen MR) is 91.3 cm³/mol. The van der Waals surface area contributed by atoms with E-state index in [2.05, 4.69) is 15.7 Å². The lowest BCUT2D eigenvalue weighted by atomic mass is 9.86. The topological polar surface area (TPSA) is 85.3 Å². The van der Waals surface area contributed by atoms with E-state index in [4.69, 9.17) is 4.74 Å². The van der Waals surface area contributed by atoms with Gasteiger partial charge in [-0.25, -0.2) is 0 Å². The zero-order valence-corrected chi connectivity index (χ0v) is 14.7. The summed E-state index contributed by atoms with van der Waals surface area (Å²) in [6.07, 6.45) is 5.39. The summed E-state index contributed by atoms with van der Waals surface area (Å²) in [5, 5.41) is 10.6. The zero-order chi connectivity index (χ0) is 17.4. The van der Waals surface area contributed by atoms with Crippen LogP contribution in [0.3, 0.4) is 0 Å². The van der Waals surface area contributed by atoms with Crippen LogP contribution < -0.4 is 10.6 Å². The van der Waals surface area contributed by atoms with Crippen LogP contribution in [-0.4, -0.2) is 46.4 Å². The van der Waals surface area contributed by atoms with Gasteiger partial charge in [-0.05, 0) is 51.5 Å². The molecule has 1 saturated heterocycles. The van der Waals surface area contributed by atoms with Gasteiger partial charge in [0.1, 0.15) is 11.8 Å². The molecule has 2 N–H and O–H groups in total. The first-order valence-corrected chi connectivity index (χ1v) is 9.44. The molecule has 136 valence electrons. The van der Waals surface area contributed by atoms with Crippen LogP contribution in [0.5, 0.6) is 0 Å². The highest BCUT2D eigenvalue weighted by molar-refractivity contribution is 5.93. The average Bonchev–Trinajstić information content (AvgIpc) is 3.12. The van der Waals surface area contributed by atoms with Crippen LogP contribution in [0.1, 0.15) is 67.5 Å². The van der Waals surface area contributed by atoms with Gasteiger partial charge < -0.3 is 15.4 Å². The van der Waals surface area contributed by atoms with E-state index in [1.54, 1.807) is 4.68 Å². The van der Waals surface area contributed by atoms with Crippen molar-refractivity contribution in [3.8, 4) is 0 Å². The van der Waals surface area contributed by atoms with Crippen molar-refractivity contribution in [2.45, 2.75) is 76.1 Å². The quantitative estimate of drug-likeness (QED) is 0.814. The molecule has 2 aliphatic carbocycles. The Bertz CT molecular complexity index is 655. The van der Waals surface area contributed by atoms with Crippen molar-refractivity contribution >= 4 is 11.8 Å². The number of nitrogens with zero attached hydrogens (tertiary/aromatic N) is 2. The molecule has 1 aromatic rings. The minimum absolute atomic E-state index is 0.00888. The number of aromatic nitrogens is 2. The van der Waals surface area contributed by atoms with Crippen molar-refractivity contribution < 1.29 is 14.3 Å². The summed E-state index contributed by atoms with van der Waals surface area (Å²) >= 11 is 0. The van der Waals surface area contributed by atoms with E-state index >= 15 is 0 Å². The molecule has 3 fully saturated rings. The number of hydrogen-bond acceptors (Lipinski definition) is 4. The highest BCUT2D eigenvalue weighted by atomic mass is 16.5. The molecule has 3 aliphatic rings. The third kappa shape index (κ3) is 3.56. The maximum absolute atomic E-state index is 12.5. The number of carbonyl (C=O) groups excluding carboxylic acids is 2. The summed E-state index contributed by atoms with van der Waals surface area (Å²) < 4.78 is 7.18. The molecular weight excluding hydrogens is 320 g/mol. The van der Waals surface area contributed by atoms with Gasteiger partial charge >= 0.3 is 0 Å². The van der Waals surface area contributed by atoms with E-state index in [0.717, 1.165) is 31.4 Å². The fraction of sp³-hybridized carbons (Fsp3) is 0.722. The molecule has 1 aliphatic heterocycles. The number of nitrogens with one attached hydrogen (secondary N) is 2.